The van der Waals surface area contributed by atoms with E-state index in [4.69, 9.17) is 5.11 Å². The second kappa shape index (κ2) is 20.5. The zero-order valence-corrected chi connectivity index (χ0v) is 37.6. The Morgan fingerprint density at radius 2 is 1.28 bits per heavy atom. The summed E-state index contributed by atoms with van der Waals surface area (Å²) >= 11 is 0. The van der Waals surface area contributed by atoms with Crippen LogP contribution in [0.1, 0.15) is 33.2 Å². The van der Waals surface area contributed by atoms with Crippen molar-refractivity contribution in [3.05, 3.63) is 126 Å². The molecule has 0 aliphatic carbocycles. The van der Waals surface area contributed by atoms with Gasteiger partial charge >= 0.3 is 71.1 Å². The molecule has 0 aromatic heterocycles. The molecule has 21 heteroatoms. The van der Waals surface area contributed by atoms with E-state index in [1.54, 1.807) is 43.3 Å². The topological polar surface area (TPSA) is 290 Å². The van der Waals surface area contributed by atoms with Crippen LogP contribution in [0.4, 0.5) is 50.3 Å². The molecule has 6 aromatic carbocycles. The summed E-state index contributed by atoms with van der Waals surface area (Å²) in [5, 5.41) is 67.6. The number of carbonyl (C=O) groups excluding carboxylic acids is 2. The van der Waals surface area contributed by atoms with Crippen LogP contribution in [0.2, 0.25) is 0 Å². The first-order chi connectivity index (χ1) is 28.0. The van der Waals surface area contributed by atoms with Gasteiger partial charge < -0.3 is 36.4 Å². The number of carboxylic acid groups (broad SMARTS) is 1. The minimum Gasteiger partial charge on any atom is -0.872 e. The zero-order valence-electron chi connectivity index (χ0n) is 32.7. The number of carbonyl (C=O) groups is 3. The van der Waals surface area contributed by atoms with E-state index >= 15 is 0 Å². The van der Waals surface area contributed by atoms with Gasteiger partial charge in [0, 0.05) is 28.0 Å². The summed E-state index contributed by atoms with van der Waals surface area (Å²) in [7, 11) is -4.94. The van der Waals surface area contributed by atoms with Gasteiger partial charge in [0.1, 0.15) is 10.6 Å². The van der Waals surface area contributed by atoms with Crippen molar-refractivity contribution in [2.24, 2.45) is 25.4 Å². The van der Waals surface area contributed by atoms with Gasteiger partial charge in [-0.05, 0) is 134 Å². The van der Waals surface area contributed by atoms with Gasteiger partial charge in [0.05, 0.1) is 28.3 Å². The fourth-order valence-corrected chi connectivity index (χ4v) is 6.17. The summed E-state index contributed by atoms with van der Waals surface area (Å²) in [5.41, 5.74) is 2.09. The Kier molecular flexibility index (Phi) is 16.0. The average Bonchev–Trinajstić information content (AvgIpc) is 3.18. The van der Waals surface area contributed by atoms with Gasteiger partial charge in [-0.3, -0.25) is 14.3 Å². The number of aliphatic imine (C=N–C) groups is 1. The Morgan fingerprint density at radius 3 is 1.92 bits per heavy atom. The maximum atomic E-state index is 12.7. The van der Waals surface area contributed by atoms with E-state index in [2.05, 4.69) is 41.4 Å². The van der Waals surface area contributed by atoms with Gasteiger partial charge in [0.25, 0.3) is 16.0 Å². The molecule has 0 radical (unpaired) electrons. The molecular weight excluding hydrogens is 831 g/mol. The van der Waals surface area contributed by atoms with Crippen molar-refractivity contribution in [3.63, 3.8) is 0 Å². The number of phenolic OH excluding ortho intramolecular Hbond substituents is 1. The van der Waals surface area contributed by atoms with Gasteiger partial charge in [-0.2, -0.15) is 23.8 Å². The molecule has 0 saturated carbocycles. The van der Waals surface area contributed by atoms with E-state index in [1.165, 1.54) is 61.5 Å². The smallest absolute Gasteiger partial charge is 0.872 e. The molecule has 0 heterocycles. The van der Waals surface area contributed by atoms with Crippen molar-refractivity contribution in [2.45, 2.75) is 18.7 Å². The third-order valence-electron chi connectivity index (χ3n) is 8.31. The van der Waals surface area contributed by atoms with E-state index in [0.29, 0.717) is 28.3 Å². The molecule has 3 amide bonds. The van der Waals surface area contributed by atoms with E-state index < -0.39 is 55.7 Å². The number of urea groups is 1. The minimum atomic E-state index is -4.94. The van der Waals surface area contributed by atoms with Crippen LogP contribution in [0.3, 0.4) is 0 Å². The molecule has 0 saturated heterocycles. The number of anilines is 3. The molecule has 18 nitrogen and oxygen atoms in total. The van der Waals surface area contributed by atoms with Crippen LogP contribution < -0.4 is 85.3 Å². The van der Waals surface area contributed by atoms with Crippen LogP contribution in [0.15, 0.2) is 140 Å². The molecule has 0 aliphatic heterocycles. The van der Waals surface area contributed by atoms with E-state index in [1.807, 2.05) is 0 Å². The quantitative estimate of drug-likeness (QED) is 0.0362. The van der Waals surface area contributed by atoms with Crippen molar-refractivity contribution in [1.82, 2.24) is 0 Å². The molecule has 0 atom stereocenters. The number of aromatic carboxylic acids is 1. The predicted octanol–water partition coefficient (Wildman–Crippen LogP) is 2.02. The third kappa shape index (κ3) is 12.3. The van der Waals surface area contributed by atoms with Gasteiger partial charge in [0.2, 0.25) is 0 Å². The SMILES string of the molecule is CC([O-])=Nc1ccc(NC(=O)Nc2ccc3c(O)c(N=Nc4ccc(N=Nc5ccc(C(=O)Nc6ccc([O-])c(C(=O)O)c6)cc5)c(C)c4)c(S(=O)(=O)O)cc3c2)cc1.[Na+].[Na+]. The second-order valence-corrected chi connectivity index (χ2v) is 14.0. The minimum absolute atomic E-state index is 0. The van der Waals surface area contributed by atoms with Crippen molar-refractivity contribution in [3.8, 4) is 11.5 Å². The van der Waals surface area contributed by atoms with Crippen LogP contribution in [0, 0.1) is 6.92 Å². The predicted molar refractivity (Wildman–Crippen MR) is 214 cm³/mol. The number of nitrogens with zero attached hydrogens (tertiary/aromatic N) is 5. The standard InChI is InChI=1S/C40H32N8O10S.2Na/c1-21-17-30(12-15-33(21)47-45-27-5-3-23(4-6-27)38(52)42-29-13-16-34(50)32(20-29)39(53)54)46-48-36-35(59(56,57)58)19-24-18-28(11-14-31(24)37(36)51)44-40(55)43-26-9-7-25(8-10-26)41-22(2)49;;/h3-20,50-51H,1-2H3,(H,41,49)(H,42,52)(H,53,54)(H2,43,44,55)(H,56,57,58);;/q;2*+1/p-2. The molecule has 0 fully saturated rings. The fraction of sp³-hybridized carbons (Fsp3) is 0.0500. The zero-order chi connectivity index (χ0) is 42.4. The van der Waals surface area contributed by atoms with Crippen molar-refractivity contribution < 1.29 is 107 Å². The van der Waals surface area contributed by atoms with E-state index in [-0.39, 0.29) is 98.4 Å². The number of aryl methyl sites for hydroxylation is 1. The van der Waals surface area contributed by atoms with Gasteiger partial charge in [0.15, 0.2) is 5.75 Å². The number of carboxylic acids is 1. The van der Waals surface area contributed by atoms with Crippen LogP contribution in [0.25, 0.3) is 10.8 Å². The monoisotopic (exact) mass is 860 g/mol. The molecule has 0 spiro atoms. The van der Waals surface area contributed by atoms with Gasteiger partial charge in [-0.15, -0.1) is 5.11 Å². The Morgan fingerprint density at radius 1 is 0.689 bits per heavy atom. The number of azo groups is 2. The van der Waals surface area contributed by atoms with Crippen LogP contribution in [0.5, 0.6) is 11.5 Å². The molecule has 6 N–H and O–H groups in total. The molecule has 0 bridgehead atoms. The summed E-state index contributed by atoms with van der Waals surface area (Å²) in [5.74, 6) is -3.60. The van der Waals surface area contributed by atoms with Crippen molar-refractivity contribution in [1.29, 1.82) is 0 Å². The number of hydrogen-bond donors (Lipinski definition) is 6. The number of nitrogens with one attached hydrogen (secondary N) is 3. The van der Waals surface area contributed by atoms with Gasteiger partial charge in [-0.25, -0.2) is 9.59 Å². The van der Waals surface area contributed by atoms with E-state index in [9.17, 15) is 42.7 Å². The summed E-state index contributed by atoms with van der Waals surface area (Å²) in [4.78, 5) is 39.6. The first kappa shape index (κ1) is 47.6. The maximum Gasteiger partial charge on any atom is 1.00 e. The Labute approximate surface area is 391 Å². The number of fused-ring (bicyclic) bond motifs is 1. The van der Waals surface area contributed by atoms with Crippen LogP contribution in [-0.2, 0) is 10.1 Å². The molecule has 298 valence electrons. The number of amides is 3. The number of hydrogen-bond acceptors (Lipinski definition) is 13. The molecular formula is C40H30N8Na2O10S. The normalized spacial score (nSPS) is 11.5. The molecule has 0 unspecified atom stereocenters. The summed E-state index contributed by atoms with van der Waals surface area (Å²) in [6.45, 7) is 3.02. The molecule has 61 heavy (non-hydrogen) atoms. The molecule has 0 aliphatic rings. The average molecular weight is 861 g/mol. The van der Waals surface area contributed by atoms with Crippen LogP contribution in [-0.4, -0.2) is 47.0 Å². The summed E-state index contributed by atoms with van der Waals surface area (Å²) in [6, 6.07) is 25.0. The fourth-order valence-electron chi connectivity index (χ4n) is 5.51. The van der Waals surface area contributed by atoms with E-state index in [0.717, 1.165) is 18.2 Å². The Balaban J connectivity index is 0.00000410. The Hall–Kier alpha value is -6.03. The Bertz CT molecular complexity index is 2850. The summed E-state index contributed by atoms with van der Waals surface area (Å²) in [6.07, 6.45) is 0. The number of aromatic hydroxyl groups is 1. The van der Waals surface area contributed by atoms with Crippen molar-refractivity contribution >= 4 is 90.2 Å². The number of benzene rings is 6. The first-order valence-corrected chi connectivity index (χ1v) is 18.6. The maximum absolute atomic E-state index is 12.7. The number of rotatable bonds is 11. The largest absolute Gasteiger partial charge is 1.00 e. The summed E-state index contributed by atoms with van der Waals surface area (Å²) < 4.78 is 34.9. The van der Waals surface area contributed by atoms with Gasteiger partial charge in [-0.1, -0.05) is 11.8 Å². The third-order valence-corrected chi connectivity index (χ3v) is 9.18. The molecule has 6 rings (SSSR count). The molecule has 6 aromatic rings. The van der Waals surface area contributed by atoms with Crippen LogP contribution >= 0.6 is 0 Å². The second-order valence-electron chi connectivity index (χ2n) is 12.6. The van der Waals surface area contributed by atoms with Crippen molar-refractivity contribution in [2.75, 3.05) is 16.0 Å². The first-order valence-electron chi connectivity index (χ1n) is 17.1. The number of phenols is 1.